The first-order chi connectivity index (χ1) is 15.1. The Bertz CT molecular complexity index is 942. The van der Waals surface area contributed by atoms with E-state index in [9.17, 15) is 14.4 Å². The van der Waals surface area contributed by atoms with Crippen LogP contribution in [0.1, 0.15) is 29.6 Å². The second-order valence-electron chi connectivity index (χ2n) is 8.17. The first kappa shape index (κ1) is 21.5. The summed E-state index contributed by atoms with van der Waals surface area (Å²) in [7, 11) is 0. The summed E-state index contributed by atoms with van der Waals surface area (Å²) in [6.45, 7) is 6.38. The number of nitrogens with one attached hydrogen (secondary N) is 1. The molecule has 2 aliphatic heterocycles. The Morgan fingerprint density at radius 3 is 2.52 bits per heavy atom. The third-order valence-corrected chi connectivity index (χ3v) is 6.04. The minimum Gasteiger partial charge on any atom is -0.379 e. The molecule has 1 aromatic carbocycles. The highest BCUT2D eigenvalue weighted by Gasteiger charge is 2.24. The van der Waals surface area contributed by atoms with E-state index >= 15 is 0 Å². The summed E-state index contributed by atoms with van der Waals surface area (Å²) < 4.78 is 7.12. The lowest BCUT2D eigenvalue weighted by Gasteiger charge is -2.26. The van der Waals surface area contributed by atoms with E-state index < -0.39 is 11.7 Å². The van der Waals surface area contributed by atoms with Crippen LogP contribution in [0.25, 0.3) is 10.9 Å². The molecular formula is C23H30N4O4. The number of benzene rings is 1. The van der Waals surface area contributed by atoms with Gasteiger partial charge in [-0.2, -0.15) is 0 Å². The molecule has 1 aromatic heterocycles. The smallest absolute Gasteiger partial charge is 0.292 e. The molecule has 2 aliphatic rings. The molecule has 2 fully saturated rings. The van der Waals surface area contributed by atoms with Crippen molar-refractivity contribution in [3.63, 3.8) is 0 Å². The first-order valence-corrected chi connectivity index (χ1v) is 11.1. The highest BCUT2D eigenvalue weighted by atomic mass is 16.5. The number of hydrogen-bond acceptors (Lipinski definition) is 5. The number of Topliss-reactive ketones (excluding diaryl/α,β-unsaturated/α-hetero) is 1. The van der Waals surface area contributed by atoms with Crippen molar-refractivity contribution in [1.29, 1.82) is 0 Å². The molecule has 1 N–H and O–H groups in total. The van der Waals surface area contributed by atoms with Gasteiger partial charge in [-0.1, -0.05) is 18.2 Å². The van der Waals surface area contributed by atoms with Crippen molar-refractivity contribution in [2.75, 3.05) is 52.5 Å². The summed E-state index contributed by atoms with van der Waals surface area (Å²) in [5, 5.41) is 3.45. The number of rotatable bonds is 8. The van der Waals surface area contributed by atoms with Gasteiger partial charge in [-0.05, 0) is 31.9 Å². The van der Waals surface area contributed by atoms with E-state index in [2.05, 4.69) is 10.2 Å². The fourth-order valence-corrected chi connectivity index (χ4v) is 4.30. The van der Waals surface area contributed by atoms with Crippen molar-refractivity contribution in [3.05, 3.63) is 36.0 Å². The van der Waals surface area contributed by atoms with Crippen LogP contribution in [0, 0.1) is 0 Å². The molecule has 0 unspecified atom stereocenters. The number of nitrogens with zero attached hydrogens (tertiary/aromatic N) is 3. The SMILES string of the molecule is O=C(NCCCN1CCOCC1)C(=O)c1cn(CC(=O)N2CCCC2)c2ccccc12. The molecule has 3 heterocycles. The molecule has 31 heavy (non-hydrogen) atoms. The van der Waals surface area contributed by atoms with Gasteiger partial charge in [0, 0.05) is 49.8 Å². The molecule has 8 heteroatoms. The Balaban J connectivity index is 1.38. The molecule has 2 saturated heterocycles. The second-order valence-corrected chi connectivity index (χ2v) is 8.17. The minimum atomic E-state index is -0.601. The maximum atomic E-state index is 12.9. The van der Waals surface area contributed by atoms with E-state index in [0.29, 0.717) is 17.5 Å². The number of para-hydroxylation sites is 1. The first-order valence-electron chi connectivity index (χ1n) is 11.1. The van der Waals surface area contributed by atoms with Crippen LogP contribution in [0.4, 0.5) is 0 Å². The monoisotopic (exact) mass is 426 g/mol. The highest BCUT2D eigenvalue weighted by Crippen LogP contribution is 2.22. The molecule has 0 aliphatic carbocycles. The molecule has 2 aromatic rings. The molecule has 0 atom stereocenters. The number of carbonyl (C=O) groups excluding carboxylic acids is 3. The molecular weight excluding hydrogens is 396 g/mol. The zero-order valence-corrected chi connectivity index (χ0v) is 17.8. The number of carbonyl (C=O) groups is 3. The predicted octanol–water partition coefficient (Wildman–Crippen LogP) is 1.28. The second kappa shape index (κ2) is 10.1. The summed E-state index contributed by atoms with van der Waals surface area (Å²) in [4.78, 5) is 42.1. The van der Waals surface area contributed by atoms with Gasteiger partial charge < -0.3 is 19.5 Å². The van der Waals surface area contributed by atoms with Gasteiger partial charge in [0.1, 0.15) is 6.54 Å². The van der Waals surface area contributed by atoms with Crippen LogP contribution in [-0.2, 0) is 20.9 Å². The maximum absolute atomic E-state index is 12.9. The average molecular weight is 427 g/mol. The van der Waals surface area contributed by atoms with Crippen LogP contribution < -0.4 is 5.32 Å². The van der Waals surface area contributed by atoms with Crippen LogP contribution in [-0.4, -0.2) is 84.4 Å². The maximum Gasteiger partial charge on any atom is 0.292 e. The fourth-order valence-electron chi connectivity index (χ4n) is 4.30. The van der Waals surface area contributed by atoms with Crippen LogP contribution in [0.15, 0.2) is 30.5 Å². The summed E-state index contributed by atoms with van der Waals surface area (Å²) in [5.41, 5.74) is 1.13. The topological polar surface area (TPSA) is 83.9 Å². The van der Waals surface area contributed by atoms with E-state index in [-0.39, 0.29) is 12.5 Å². The molecule has 166 valence electrons. The molecule has 0 bridgehead atoms. The van der Waals surface area contributed by atoms with E-state index in [1.54, 1.807) is 10.8 Å². The van der Waals surface area contributed by atoms with Crippen molar-refractivity contribution in [1.82, 2.24) is 19.7 Å². The summed E-state index contributed by atoms with van der Waals surface area (Å²) in [5.74, 6) is -1.12. The van der Waals surface area contributed by atoms with Crippen molar-refractivity contribution < 1.29 is 19.1 Å². The van der Waals surface area contributed by atoms with Gasteiger partial charge in [-0.25, -0.2) is 0 Å². The molecule has 0 spiro atoms. The zero-order chi connectivity index (χ0) is 21.6. The van der Waals surface area contributed by atoms with E-state index in [1.807, 2.05) is 29.2 Å². The standard InChI is InChI=1S/C23H30N4O4/c28-21(26-10-3-4-11-26)17-27-16-19(18-6-1-2-7-20(18)27)22(29)23(30)24-8-5-9-25-12-14-31-15-13-25/h1-2,6-7,16H,3-5,8-15,17H2,(H,24,30). The van der Waals surface area contributed by atoms with Crippen molar-refractivity contribution >= 4 is 28.5 Å². The van der Waals surface area contributed by atoms with Gasteiger partial charge in [0.05, 0.1) is 18.8 Å². The lowest BCUT2D eigenvalue weighted by atomic mass is 10.1. The van der Waals surface area contributed by atoms with E-state index in [0.717, 1.165) is 70.7 Å². The van der Waals surface area contributed by atoms with Crippen LogP contribution in [0.3, 0.4) is 0 Å². The fraction of sp³-hybridized carbons (Fsp3) is 0.522. The molecule has 8 nitrogen and oxygen atoms in total. The minimum absolute atomic E-state index is 0.0461. The van der Waals surface area contributed by atoms with E-state index in [1.165, 1.54) is 0 Å². The number of ether oxygens (including phenoxy) is 1. The van der Waals surface area contributed by atoms with Gasteiger partial charge in [0.25, 0.3) is 11.7 Å². The zero-order valence-electron chi connectivity index (χ0n) is 17.8. The molecule has 0 radical (unpaired) electrons. The quantitative estimate of drug-likeness (QED) is 0.391. The molecule has 2 amide bonds. The van der Waals surface area contributed by atoms with Crippen molar-refractivity contribution in [2.45, 2.75) is 25.8 Å². The molecule has 0 saturated carbocycles. The highest BCUT2D eigenvalue weighted by molar-refractivity contribution is 6.45. The Hall–Kier alpha value is -2.71. The Labute approximate surface area is 182 Å². The number of ketones is 1. The lowest BCUT2D eigenvalue weighted by molar-refractivity contribution is -0.130. The van der Waals surface area contributed by atoms with Crippen molar-refractivity contribution in [2.24, 2.45) is 0 Å². The number of likely N-dealkylation sites (tertiary alicyclic amines) is 1. The normalized spacial score (nSPS) is 17.2. The number of hydrogen-bond donors (Lipinski definition) is 1. The van der Waals surface area contributed by atoms with Crippen LogP contribution in [0.5, 0.6) is 0 Å². The number of aromatic nitrogens is 1. The van der Waals surface area contributed by atoms with Gasteiger partial charge >= 0.3 is 0 Å². The lowest BCUT2D eigenvalue weighted by Crippen LogP contribution is -2.38. The van der Waals surface area contributed by atoms with Gasteiger partial charge in [-0.15, -0.1) is 0 Å². The average Bonchev–Trinajstić information content (AvgIpc) is 3.46. The van der Waals surface area contributed by atoms with Crippen LogP contribution in [0.2, 0.25) is 0 Å². The summed E-state index contributed by atoms with van der Waals surface area (Å²) in [6.07, 6.45) is 4.50. The summed E-state index contributed by atoms with van der Waals surface area (Å²) >= 11 is 0. The Kier molecular flexibility index (Phi) is 6.99. The Morgan fingerprint density at radius 2 is 1.74 bits per heavy atom. The largest absolute Gasteiger partial charge is 0.379 e. The van der Waals surface area contributed by atoms with Crippen molar-refractivity contribution in [3.8, 4) is 0 Å². The third kappa shape index (κ3) is 5.14. The third-order valence-electron chi connectivity index (χ3n) is 6.04. The number of amides is 2. The predicted molar refractivity (Wildman–Crippen MR) is 117 cm³/mol. The number of fused-ring (bicyclic) bond motifs is 1. The number of morpholine rings is 1. The van der Waals surface area contributed by atoms with Gasteiger partial charge in [-0.3, -0.25) is 19.3 Å². The van der Waals surface area contributed by atoms with Gasteiger partial charge in [0.15, 0.2) is 0 Å². The van der Waals surface area contributed by atoms with Gasteiger partial charge in [0.2, 0.25) is 5.91 Å². The Morgan fingerprint density at radius 1 is 1.00 bits per heavy atom. The molecule has 4 rings (SSSR count). The summed E-state index contributed by atoms with van der Waals surface area (Å²) in [6, 6.07) is 7.42. The van der Waals surface area contributed by atoms with Crippen LogP contribution >= 0.6 is 0 Å². The van der Waals surface area contributed by atoms with E-state index in [4.69, 9.17) is 4.74 Å².